The van der Waals surface area contributed by atoms with E-state index in [0.717, 1.165) is 22.3 Å². The number of hydrogen-bond acceptors (Lipinski definition) is 5. The maximum atomic E-state index is 12.2. The van der Waals surface area contributed by atoms with Gasteiger partial charge in [0.05, 0.1) is 12.4 Å². The molecule has 0 aromatic heterocycles. The Balaban J connectivity index is 1.52. The molecular formula is C23H28BNO5. The number of nitrogens with one attached hydrogen (secondary N) is 1. The van der Waals surface area contributed by atoms with Crippen molar-refractivity contribution in [2.75, 3.05) is 6.61 Å². The number of carbonyl (C=O) groups excluding carboxylic acids is 2. The van der Waals surface area contributed by atoms with E-state index in [0.29, 0.717) is 6.42 Å². The second kappa shape index (κ2) is 9.91. The van der Waals surface area contributed by atoms with Gasteiger partial charge in [0.15, 0.2) is 0 Å². The quantitative estimate of drug-likeness (QED) is 0.437. The Morgan fingerprint density at radius 1 is 1.00 bits per heavy atom. The molecule has 1 amide bonds. The lowest BCUT2D eigenvalue weighted by atomic mass is 9.75. The molecule has 0 fully saturated rings. The van der Waals surface area contributed by atoms with Crippen molar-refractivity contribution in [1.29, 1.82) is 0 Å². The van der Waals surface area contributed by atoms with E-state index in [9.17, 15) is 19.6 Å². The third-order valence-electron chi connectivity index (χ3n) is 5.36. The van der Waals surface area contributed by atoms with Gasteiger partial charge in [0.2, 0.25) is 5.91 Å². The van der Waals surface area contributed by atoms with Crippen LogP contribution in [0.25, 0.3) is 11.1 Å². The van der Waals surface area contributed by atoms with E-state index in [2.05, 4.69) is 29.6 Å². The molecule has 6 nitrogen and oxygen atoms in total. The van der Waals surface area contributed by atoms with E-state index in [-0.39, 0.29) is 31.3 Å². The molecular weight excluding hydrogens is 381 g/mol. The number of fused-ring (bicyclic) bond motifs is 3. The first-order valence-corrected chi connectivity index (χ1v) is 10.4. The van der Waals surface area contributed by atoms with Gasteiger partial charge in [0.1, 0.15) is 6.61 Å². The molecule has 0 bridgehead atoms. The van der Waals surface area contributed by atoms with E-state index in [1.54, 1.807) is 0 Å². The van der Waals surface area contributed by atoms with Crippen LogP contribution < -0.4 is 5.32 Å². The van der Waals surface area contributed by atoms with Crippen LogP contribution >= 0.6 is 0 Å². The van der Waals surface area contributed by atoms with Crippen molar-refractivity contribution < 1.29 is 24.4 Å². The predicted octanol–water partition coefficient (Wildman–Crippen LogP) is 2.67. The molecule has 0 unspecified atom stereocenters. The Bertz CT molecular complexity index is 853. The zero-order chi connectivity index (χ0) is 21.7. The van der Waals surface area contributed by atoms with Crippen LogP contribution in [0.15, 0.2) is 48.5 Å². The predicted molar refractivity (Wildman–Crippen MR) is 115 cm³/mol. The molecule has 1 aliphatic carbocycles. The number of hydrogen-bond donors (Lipinski definition) is 3. The van der Waals surface area contributed by atoms with Crippen molar-refractivity contribution in [3.63, 3.8) is 0 Å². The van der Waals surface area contributed by atoms with Gasteiger partial charge in [-0.2, -0.15) is 0 Å². The van der Waals surface area contributed by atoms with Crippen LogP contribution in [0.3, 0.4) is 0 Å². The summed E-state index contributed by atoms with van der Waals surface area (Å²) in [6.07, 6.45) is 0.324. The normalized spacial score (nSPS) is 13.5. The third kappa shape index (κ3) is 5.29. The van der Waals surface area contributed by atoms with Crippen LogP contribution in [0, 0.1) is 5.92 Å². The van der Waals surface area contributed by atoms with Gasteiger partial charge in [0.25, 0.3) is 0 Å². The topological polar surface area (TPSA) is 95.9 Å². The van der Waals surface area contributed by atoms with Crippen LogP contribution in [-0.4, -0.2) is 41.6 Å². The summed E-state index contributed by atoms with van der Waals surface area (Å²) in [4.78, 5) is 24.3. The van der Waals surface area contributed by atoms with Crippen LogP contribution in [0.1, 0.15) is 50.2 Å². The summed E-state index contributed by atoms with van der Waals surface area (Å²) in [5.74, 6) is -1.42. The molecule has 158 valence electrons. The van der Waals surface area contributed by atoms with Crippen molar-refractivity contribution in [3.05, 3.63) is 59.7 Å². The molecule has 3 N–H and O–H groups in total. The van der Waals surface area contributed by atoms with Crippen LogP contribution in [0.2, 0.25) is 0 Å². The monoisotopic (exact) mass is 409 g/mol. The average molecular weight is 409 g/mol. The second-order valence-electron chi connectivity index (χ2n) is 8.13. The van der Waals surface area contributed by atoms with Gasteiger partial charge in [-0.05, 0) is 34.6 Å². The van der Waals surface area contributed by atoms with Gasteiger partial charge in [-0.25, -0.2) is 0 Å². The van der Waals surface area contributed by atoms with Crippen molar-refractivity contribution in [2.45, 2.75) is 45.0 Å². The first kappa shape index (κ1) is 22.1. The number of benzene rings is 2. The Kier molecular flexibility index (Phi) is 7.29. The standard InChI is InChI=1S/C23H28BNO5/c1-15(2)13-21(24(28)29)25-22(26)11-12-23(27)30-14-20-18-9-5-3-7-16(18)17-8-4-6-10-19(17)20/h3-10,15,20-21,28-29H,11-14H2,1-2H3,(H,25,26)/t21-/m0/s1. The minimum absolute atomic E-state index is 0.0184. The van der Waals surface area contributed by atoms with E-state index in [4.69, 9.17) is 4.74 Å². The molecule has 30 heavy (non-hydrogen) atoms. The van der Waals surface area contributed by atoms with Crippen LogP contribution in [0.4, 0.5) is 0 Å². The first-order chi connectivity index (χ1) is 14.4. The van der Waals surface area contributed by atoms with Crippen LogP contribution in [0.5, 0.6) is 0 Å². The number of carbonyl (C=O) groups is 2. The minimum atomic E-state index is -1.63. The van der Waals surface area contributed by atoms with Crippen LogP contribution in [-0.2, 0) is 14.3 Å². The maximum absolute atomic E-state index is 12.2. The zero-order valence-corrected chi connectivity index (χ0v) is 17.4. The maximum Gasteiger partial charge on any atom is 0.475 e. The summed E-state index contributed by atoms with van der Waals surface area (Å²) in [5, 5.41) is 21.4. The number of ether oxygens (including phenoxy) is 1. The molecule has 3 rings (SSSR count). The van der Waals surface area contributed by atoms with E-state index in [1.807, 2.05) is 38.1 Å². The molecule has 0 heterocycles. The molecule has 1 aliphatic rings. The van der Waals surface area contributed by atoms with Gasteiger partial charge < -0.3 is 20.1 Å². The molecule has 7 heteroatoms. The lowest BCUT2D eigenvalue weighted by Crippen LogP contribution is -2.47. The summed E-state index contributed by atoms with van der Waals surface area (Å²) in [5.41, 5.74) is 4.59. The molecule has 2 aromatic rings. The third-order valence-corrected chi connectivity index (χ3v) is 5.36. The summed E-state index contributed by atoms with van der Waals surface area (Å²) in [6.45, 7) is 4.08. The van der Waals surface area contributed by atoms with E-state index in [1.165, 1.54) is 0 Å². The van der Waals surface area contributed by atoms with Crippen molar-refractivity contribution in [2.24, 2.45) is 5.92 Å². The van der Waals surface area contributed by atoms with Gasteiger partial charge >= 0.3 is 13.1 Å². The van der Waals surface area contributed by atoms with E-state index >= 15 is 0 Å². The molecule has 0 spiro atoms. The fourth-order valence-electron chi connectivity index (χ4n) is 3.95. The SMILES string of the molecule is CC(C)C[C@H](NC(=O)CCC(=O)OCC1c2ccccc2-c2ccccc21)B(O)O. The molecule has 0 saturated heterocycles. The largest absolute Gasteiger partial charge is 0.475 e. The number of rotatable bonds is 9. The summed E-state index contributed by atoms with van der Waals surface area (Å²) < 4.78 is 5.49. The number of amides is 1. The van der Waals surface area contributed by atoms with Crippen molar-refractivity contribution in [1.82, 2.24) is 5.32 Å². The smallest absolute Gasteiger partial charge is 0.465 e. The molecule has 0 aliphatic heterocycles. The molecule has 0 saturated carbocycles. The molecule has 2 aromatic carbocycles. The zero-order valence-electron chi connectivity index (χ0n) is 17.4. The first-order valence-electron chi connectivity index (χ1n) is 10.4. The Labute approximate surface area is 177 Å². The summed E-state index contributed by atoms with van der Waals surface area (Å²) in [7, 11) is -1.63. The number of esters is 1. The highest BCUT2D eigenvalue weighted by molar-refractivity contribution is 6.43. The Morgan fingerprint density at radius 3 is 2.10 bits per heavy atom. The van der Waals surface area contributed by atoms with Gasteiger partial charge in [-0.1, -0.05) is 62.4 Å². The lowest BCUT2D eigenvalue weighted by Gasteiger charge is -2.19. The second-order valence-corrected chi connectivity index (χ2v) is 8.13. The highest BCUT2D eigenvalue weighted by Crippen LogP contribution is 2.44. The minimum Gasteiger partial charge on any atom is -0.465 e. The van der Waals surface area contributed by atoms with Gasteiger partial charge in [-0.15, -0.1) is 0 Å². The average Bonchev–Trinajstić information content (AvgIpc) is 3.04. The fourth-order valence-corrected chi connectivity index (χ4v) is 3.95. The summed E-state index contributed by atoms with van der Waals surface area (Å²) in [6, 6.07) is 16.2. The van der Waals surface area contributed by atoms with Gasteiger partial charge in [-0.3, -0.25) is 9.59 Å². The fraction of sp³-hybridized carbons (Fsp3) is 0.391. The van der Waals surface area contributed by atoms with Gasteiger partial charge in [0, 0.05) is 12.3 Å². The summed E-state index contributed by atoms with van der Waals surface area (Å²) >= 11 is 0. The lowest BCUT2D eigenvalue weighted by molar-refractivity contribution is -0.145. The highest BCUT2D eigenvalue weighted by atomic mass is 16.5. The molecule has 0 radical (unpaired) electrons. The van der Waals surface area contributed by atoms with Crippen molar-refractivity contribution >= 4 is 19.0 Å². The van der Waals surface area contributed by atoms with E-state index < -0.39 is 24.9 Å². The van der Waals surface area contributed by atoms with Crippen molar-refractivity contribution in [3.8, 4) is 11.1 Å². The Morgan fingerprint density at radius 2 is 1.57 bits per heavy atom. The Hall–Kier alpha value is -2.64. The highest BCUT2D eigenvalue weighted by Gasteiger charge is 2.29. The molecule has 1 atom stereocenters.